The highest BCUT2D eigenvalue weighted by Crippen LogP contribution is 2.24. The SMILES string of the molecule is O=Cc1cccc2c(Cl)noc12. The van der Waals surface area contributed by atoms with Crippen molar-refractivity contribution in [3.8, 4) is 0 Å². The predicted octanol–water partition coefficient (Wildman–Crippen LogP) is 2.29. The van der Waals surface area contributed by atoms with Crippen LogP contribution in [0.2, 0.25) is 5.15 Å². The summed E-state index contributed by atoms with van der Waals surface area (Å²) in [5.41, 5.74) is 0.907. The first-order chi connectivity index (χ1) is 5.83. The van der Waals surface area contributed by atoms with E-state index < -0.39 is 0 Å². The third kappa shape index (κ3) is 0.905. The van der Waals surface area contributed by atoms with Crippen LogP contribution in [0.4, 0.5) is 0 Å². The third-order valence-corrected chi connectivity index (χ3v) is 1.88. The zero-order chi connectivity index (χ0) is 8.55. The molecule has 1 aromatic heterocycles. The molecule has 0 amide bonds. The van der Waals surface area contributed by atoms with Gasteiger partial charge in [0.25, 0.3) is 0 Å². The van der Waals surface area contributed by atoms with Gasteiger partial charge in [0.15, 0.2) is 17.0 Å². The van der Waals surface area contributed by atoms with Gasteiger partial charge in [0, 0.05) is 0 Å². The van der Waals surface area contributed by atoms with Crippen molar-refractivity contribution in [2.75, 3.05) is 0 Å². The molecular weight excluding hydrogens is 178 g/mol. The van der Waals surface area contributed by atoms with Crippen LogP contribution in [0.25, 0.3) is 11.0 Å². The monoisotopic (exact) mass is 181 g/mol. The molecule has 0 aliphatic heterocycles. The van der Waals surface area contributed by atoms with Crippen LogP contribution in [0.3, 0.4) is 0 Å². The second kappa shape index (κ2) is 2.60. The maximum Gasteiger partial charge on any atom is 0.180 e. The molecule has 0 spiro atoms. The van der Waals surface area contributed by atoms with E-state index in [0.29, 0.717) is 22.8 Å². The predicted molar refractivity (Wildman–Crippen MR) is 44.4 cm³/mol. The van der Waals surface area contributed by atoms with E-state index in [0.717, 1.165) is 0 Å². The van der Waals surface area contributed by atoms with Crippen LogP contribution < -0.4 is 0 Å². The van der Waals surface area contributed by atoms with Gasteiger partial charge in [-0.1, -0.05) is 22.8 Å². The van der Waals surface area contributed by atoms with Crippen LogP contribution in [0.5, 0.6) is 0 Å². The molecule has 0 N–H and O–H groups in total. The molecule has 0 unspecified atom stereocenters. The average Bonchev–Trinajstić information content (AvgIpc) is 2.48. The molecule has 4 heteroatoms. The zero-order valence-electron chi connectivity index (χ0n) is 5.95. The first-order valence-electron chi connectivity index (χ1n) is 3.32. The Labute approximate surface area is 72.9 Å². The lowest BCUT2D eigenvalue weighted by Crippen LogP contribution is -1.78. The largest absolute Gasteiger partial charge is 0.354 e. The maximum atomic E-state index is 10.5. The number of halogens is 1. The van der Waals surface area contributed by atoms with Crippen LogP contribution in [0, 0.1) is 0 Å². The van der Waals surface area contributed by atoms with E-state index >= 15 is 0 Å². The number of carbonyl (C=O) groups is 1. The molecule has 0 atom stereocenters. The number of para-hydroxylation sites is 1. The van der Waals surface area contributed by atoms with Gasteiger partial charge in [0.2, 0.25) is 0 Å². The molecule has 12 heavy (non-hydrogen) atoms. The summed E-state index contributed by atoms with van der Waals surface area (Å²) < 4.78 is 4.86. The number of rotatable bonds is 1. The molecule has 0 saturated carbocycles. The summed E-state index contributed by atoms with van der Waals surface area (Å²) >= 11 is 5.68. The number of aldehydes is 1. The van der Waals surface area contributed by atoms with Crippen LogP contribution in [0.15, 0.2) is 22.7 Å². The van der Waals surface area contributed by atoms with Crippen molar-refractivity contribution in [3.63, 3.8) is 0 Å². The van der Waals surface area contributed by atoms with Crippen molar-refractivity contribution in [3.05, 3.63) is 28.9 Å². The topological polar surface area (TPSA) is 43.1 Å². The molecule has 0 aliphatic rings. The molecule has 60 valence electrons. The van der Waals surface area contributed by atoms with Gasteiger partial charge in [-0.2, -0.15) is 0 Å². The van der Waals surface area contributed by atoms with Crippen molar-refractivity contribution < 1.29 is 9.32 Å². The van der Waals surface area contributed by atoms with Crippen molar-refractivity contribution in [1.82, 2.24) is 5.16 Å². The van der Waals surface area contributed by atoms with Crippen molar-refractivity contribution in [2.45, 2.75) is 0 Å². The smallest absolute Gasteiger partial charge is 0.180 e. The van der Waals surface area contributed by atoms with E-state index in [4.69, 9.17) is 16.1 Å². The molecule has 3 nitrogen and oxygen atoms in total. The Bertz CT molecular complexity index is 436. The van der Waals surface area contributed by atoms with Gasteiger partial charge in [-0.3, -0.25) is 4.79 Å². The summed E-state index contributed by atoms with van der Waals surface area (Å²) in [6.07, 6.45) is 0.712. The third-order valence-electron chi connectivity index (χ3n) is 1.61. The molecule has 0 saturated heterocycles. The lowest BCUT2D eigenvalue weighted by Gasteiger charge is -1.88. The molecule has 2 rings (SSSR count). The highest BCUT2D eigenvalue weighted by atomic mass is 35.5. The fraction of sp³-hybridized carbons (Fsp3) is 0. The van der Waals surface area contributed by atoms with E-state index in [1.807, 2.05) is 0 Å². The Morgan fingerprint density at radius 1 is 1.50 bits per heavy atom. The van der Waals surface area contributed by atoms with Crippen molar-refractivity contribution in [2.24, 2.45) is 0 Å². The fourth-order valence-electron chi connectivity index (χ4n) is 1.05. The Hall–Kier alpha value is -1.35. The van der Waals surface area contributed by atoms with E-state index in [1.165, 1.54) is 0 Å². The van der Waals surface area contributed by atoms with Gasteiger partial charge < -0.3 is 4.52 Å². The molecule has 1 aromatic carbocycles. The second-order valence-corrected chi connectivity index (χ2v) is 2.67. The molecule has 0 bridgehead atoms. The van der Waals surface area contributed by atoms with E-state index in [-0.39, 0.29) is 5.15 Å². The quantitative estimate of drug-likeness (QED) is 0.634. The lowest BCUT2D eigenvalue weighted by molar-refractivity contribution is 0.112. The maximum absolute atomic E-state index is 10.5. The number of hydrogen-bond donors (Lipinski definition) is 0. The minimum absolute atomic E-state index is 0.286. The zero-order valence-corrected chi connectivity index (χ0v) is 6.71. The van der Waals surface area contributed by atoms with Gasteiger partial charge in [-0.25, -0.2) is 0 Å². The second-order valence-electron chi connectivity index (χ2n) is 2.32. The normalized spacial score (nSPS) is 10.4. The number of carbonyl (C=O) groups excluding carboxylic acids is 1. The van der Waals surface area contributed by atoms with Crippen molar-refractivity contribution in [1.29, 1.82) is 0 Å². The summed E-state index contributed by atoms with van der Waals surface area (Å²) in [4.78, 5) is 10.5. The van der Waals surface area contributed by atoms with Gasteiger partial charge >= 0.3 is 0 Å². The molecular formula is C8H4ClNO2. The first kappa shape index (κ1) is 7.31. The number of aromatic nitrogens is 1. The Balaban J connectivity index is 2.89. The van der Waals surface area contributed by atoms with E-state index in [1.54, 1.807) is 18.2 Å². The molecule has 0 radical (unpaired) electrons. The standard InChI is InChI=1S/C8H4ClNO2/c9-8-6-3-1-2-5(4-11)7(6)12-10-8/h1-4H. The first-order valence-corrected chi connectivity index (χ1v) is 3.70. The van der Waals surface area contributed by atoms with Gasteiger partial charge in [0.05, 0.1) is 10.9 Å². The minimum atomic E-state index is 0.286. The highest BCUT2D eigenvalue weighted by Gasteiger charge is 2.08. The summed E-state index contributed by atoms with van der Waals surface area (Å²) in [5, 5.41) is 4.49. The Morgan fingerprint density at radius 3 is 3.08 bits per heavy atom. The van der Waals surface area contributed by atoms with E-state index in [2.05, 4.69) is 5.16 Å². The number of hydrogen-bond acceptors (Lipinski definition) is 3. The average molecular weight is 182 g/mol. The summed E-state index contributed by atoms with van der Waals surface area (Å²) in [7, 11) is 0. The van der Waals surface area contributed by atoms with Crippen LogP contribution in [-0.2, 0) is 0 Å². The molecule has 2 aromatic rings. The van der Waals surface area contributed by atoms with Gasteiger partial charge in [-0.15, -0.1) is 0 Å². The van der Waals surface area contributed by atoms with E-state index in [9.17, 15) is 4.79 Å². The highest BCUT2D eigenvalue weighted by molar-refractivity contribution is 6.34. The summed E-state index contributed by atoms with van der Waals surface area (Å²) in [6, 6.07) is 5.13. The van der Waals surface area contributed by atoms with Crippen LogP contribution in [-0.4, -0.2) is 11.4 Å². The van der Waals surface area contributed by atoms with Crippen LogP contribution in [0.1, 0.15) is 10.4 Å². The van der Waals surface area contributed by atoms with Crippen LogP contribution >= 0.6 is 11.6 Å². The molecule has 1 heterocycles. The summed E-state index contributed by atoms with van der Waals surface area (Å²) in [5.74, 6) is 0. The van der Waals surface area contributed by atoms with Crippen molar-refractivity contribution >= 4 is 28.9 Å². The molecule has 0 aliphatic carbocycles. The lowest BCUT2D eigenvalue weighted by atomic mass is 10.2. The number of fused-ring (bicyclic) bond motifs is 1. The summed E-state index contributed by atoms with van der Waals surface area (Å²) in [6.45, 7) is 0. The Kier molecular flexibility index (Phi) is 1.59. The number of benzene rings is 1. The fourth-order valence-corrected chi connectivity index (χ4v) is 1.23. The Morgan fingerprint density at radius 2 is 2.33 bits per heavy atom. The minimum Gasteiger partial charge on any atom is -0.354 e. The van der Waals surface area contributed by atoms with Gasteiger partial charge in [-0.05, 0) is 12.1 Å². The molecule has 0 fully saturated rings. The van der Waals surface area contributed by atoms with Gasteiger partial charge in [0.1, 0.15) is 0 Å². The number of nitrogens with zero attached hydrogens (tertiary/aromatic N) is 1.